The van der Waals surface area contributed by atoms with Crippen molar-refractivity contribution in [3.8, 4) is 0 Å². The summed E-state index contributed by atoms with van der Waals surface area (Å²) < 4.78 is 33.5. The van der Waals surface area contributed by atoms with Gasteiger partial charge in [-0.05, 0) is 12.8 Å². The first kappa shape index (κ1) is 48.1. The van der Waals surface area contributed by atoms with Crippen molar-refractivity contribution in [2.75, 3.05) is 33.0 Å². The van der Waals surface area contributed by atoms with Gasteiger partial charge in [0.1, 0.15) is 54.9 Å². The van der Waals surface area contributed by atoms with Crippen LogP contribution in [0.1, 0.15) is 142 Å². The first-order valence-corrected chi connectivity index (χ1v) is 20.6. The summed E-state index contributed by atoms with van der Waals surface area (Å²) in [7, 11) is 0. The number of aliphatic hydroxyl groups excluding tert-OH is 7. The summed E-state index contributed by atoms with van der Waals surface area (Å²) in [5.74, 6) is -0.427. The molecule has 2 saturated heterocycles. The zero-order chi connectivity index (χ0) is 38.8. The van der Waals surface area contributed by atoms with Crippen molar-refractivity contribution in [1.82, 2.24) is 0 Å². The quantitative estimate of drug-likeness (QED) is 0.0398. The van der Waals surface area contributed by atoms with E-state index >= 15 is 0 Å². The van der Waals surface area contributed by atoms with Crippen molar-refractivity contribution >= 4 is 5.97 Å². The fourth-order valence-corrected chi connectivity index (χ4v) is 6.67. The summed E-state index contributed by atoms with van der Waals surface area (Å²) in [6.07, 6.45) is 7.98. The smallest absolute Gasteiger partial charge is 0.306 e. The molecule has 11 unspecified atom stereocenters. The number of hydrogen-bond donors (Lipinski definition) is 7. The van der Waals surface area contributed by atoms with Gasteiger partial charge in [0, 0.05) is 13.0 Å². The third kappa shape index (κ3) is 19.1. The SMILES string of the molecule is CCCCCCCCCCCCCCCCCCCCOCC(COC1OC(COC2OC(CO)C(O)C(O)C2O)C(O)C(O)C1O)OC(=O)CCC. The lowest BCUT2D eigenvalue weighted by atomic mass is 9.98. The molecule has 14 nitrogen and oxygen atoms in total. The molecule has 0 radical (unpaired) electrons. The molecule has 0 aromatic heterocycles. The van der Waals surface area contributed by atoms with E-state index in [0.29, 0.717) is 13.0 Å². The Morgan fingerprint density at radius 2 is 1.00 bits per heavy atom. The Morgan fingerprint density at radius 1 is 0.547 bits per heavy atom. The Labute approximate surface area is 317 Å². The monoisotopic (exact) mass is 767 g/mol. The predicted octanol–water partition coefficient (Wildman–Crippen LogP) is 3.40. The van der Waals surface area contributed by atoms with Crippen LogP contribution in [-0.4, -0.2) is 142 Å². The Kier molecular flexibility index (Phi) is 26.6. The number of aliphatic hydroxyl groups is 7. The van der Waals surface area contributed by atoms with Crippen LogP contribution in [0.2, 0.25) is 0 Å². The van der Waals surface area contributed by atoms with Crippen LogP contribution in [0.25, 0.3) is 0 Å². The number of ether oxygens (including phenoxy) is 6. The maximum absolute atomic E-state index is 12.3. The molecule has 2 heterocycles. The molecular weight excluding hydrogens is 692 g/mol. The van der Waals surface area contributed by atoms with E-state index in [1.54, 1.807) is 0 Å². The minimum absolute atomic E-state index is 0.0616. The molecule has 14 heteroatoms. The van der Waals surface area contributed by atoms with E-state index in [4.69, 9.17) is 28.4 Å². The van der Waals surface area contributed by atoms with Gasteiger partial charge in [-0.2, -0.15) is 0 Å². The van der Waals surface area contributed by atoms with Crippen LogP contribution in [0.3, 0.4) is 0 Å². The lowest BCUT2D eigenvalue weighted by Crippen LogP contribution is -2.61. The Bertz CT molecular complexity index is 896. The van der Waals surface area contributed by atoms with Crippen molar-refractivity contribution in [1.29, 1.82) is 0 Å². The molecule has 2 fully saturated rings. The van der Waals surface area contributed by atoms with E-state index in [0.717, 1.165) is 19.3 Å². The molecule has 53 heavy (non-hydrogen) atoms. The molecule has 0 bridgehead atoms. The molecule has 2 aliphatic rings. The van der Waals surface area contributed by atoms with Crippen molar-refractivity contribution in [3.63, 3.8) is 0 Å². The molecular formula is C39H74O14. The highest BCUT2D eigenvalue weighted by molar-refractivity contribution is 5.69. The highest BCUT2D eigenvalue weighted by Crippen LogP contribution is 2.26. The van der Waals surface area contributed by atoms with E-state index in [9.17, 15) is 40.5 Å². The van der Waals surface area contributed by atoms with Gasteiger partial charge in [-0.25, -0.2) is 0 Å². The minimum atomic E-state index is -1.70. The molecule has 7 N–H and O–H groups in total. The molecule has 314 valence electrons. The molecule has 0 spiro atoms. The topological polar surface area (TPSA) is 214 Å². The number of carbonyl (C=O) groups excluding carboxylic acids is 1. The summed E-state index contributed by atoms with van der Waals surface area (Å²) in [5, 5.41) is 71.2. The van der Waals surface area contributed by atoms with Gasteiger partial charge in [-0.3, -0.25) is 4.79 Å². The van der Waals surface area contributed by atoms with Crippen LogP contribution in [0.5, 0.6) is 0 Å². The summed E-state index contributed by atoms with van der Waals surface area (Å²) in [4.78, 5) is 12.3. The summed E-state index contributed by atoms with van der Waals surface area (Å²) in [6.45, 7) is 3.31. The molecule has 11 atom stereocenters. The second kappa shape index (κ2) is 29.3. The minimum Gasteiger partial charge on any atom is -0.457 e. The van der Waals surface area contributed by atoms with Crippen LogP contribution in [-0.2, 0) is 33.2 Å². The number of hydrogen-bond acceptors (Lipinski definition) is 14. The van der Waals surface area contributed by atoms with Crippen LogP contribution < -0.4 is 0 Å². The van der Waals surface area contributed by atoms with Gasteiger partial charge >= 0.3 is 5.97 Å². The van der Waals surface area contributed by atoms with Gasteiger partial charge in [-0.1, -0.05) is 123 Å². The largest absolute Gasteiger partial charge is 0.457 e. The fourth-order valence-electron chi connectivity index (χ4n) is 6.67. The number of unbranched alkanes of at least 4 members (excludes halogenated alkanes) is 17. The average Bonchev–Trinajstić information content (AvgIpc) is 3.15. The van der Waals surface area contributed by atoms with Crippen molar-refractivity contribution < 1.29 is 69.0 Å². The lowest BCUT2D eigenvalue weighted by Gasteiger charge is -2.42. The lowest BCUT2D eigenvalue weighted by molar-refractivity contribution is -0.332. The van der Waals surface area contributed by atoms with Gasteiger partial charge < -0.3 is 64.2 Å². The van der Waals surface area contributed by atoms with Crippen molar-refractivity contribution in [2.24, 2.45) is 0 Å². The molecule has 0 amide bonds. The van der Waals surface area contributed by atoms with Crippen LogP contribution in [0.4, 0.5) is 0 Å². The number of rotatable bonds is 31. The highest BCUT2D eigenvalue weighted by Gasteiger charge is 2.47. The molecule has 0 aromatic carbocycles. The predicted molar refractivity (Wildman–Crippen MR) is 197 cm³/mol. The van der Waals surface area contributed by atoms with Crippen LogP contribution >= 0.6 is 0 Å². The first-order valence-electron chi connectivity index (χ1n) is 20.6. The fraction of sp³-hybridized carbons (Fsp3) is 0.974. The molecule has 0 saturated carbocycles. The van der Waals surface area contributed by atoms with Crippen molar-refractivity contribution in [2.45, 2.75) is 210 Å². The average molecular weight is 767 g/mol. The Hall–Kier alpha value is -1.01. The van der Waals surface area contributed by atoms with Crippen LogP contribution in [0, 0.1) is 0 Å². The van der Waals surface area contributed by atoms with E-state index in [1.807, 2.05) is 6.92 Å². The maximum Gasteiger partial charge on any atom is 0.306 e. The first-order chi connectivity index (χ1) is 25.6. The third-order valence-electron chi connectivity index (χ3n) is 10.1. The van der Waals surface area contributed by atoms with E-state index in [-0.39, 0.29) is 19.6 Å². The third-order valence-corrected chi connectivity index (χ3v) is 10.1. The van der Waals surface area contributed by atoms with E-state index < -0.39 is 86.7 Å². The summed E-state index contributed by atoms with van der Waals surface area (Å²) >= 11 is 0. The van der Waals surface area contributed by atoms with Crippen molar-refractivity contribution in [3.05, 3.63) is 0 Å². The second-order valence-corrected chi connectivity index (χ2v) is 14.8. The Morgan fingerprint density at radius 3 is 1.49 bits per heavy atom. The second-order valence-electron chi connectivity index (χ2n) is 14.8. The van der Waals surface area contributed by atoms with Crippen LogP contribution in [0.15, 0.2) is 0 Å². The van der Waals surface area contributed by atoms with E-state index in [1.165, 1.54) is 96.3 Å². The molecule has 2 aliphatic heterocycles. The van der Waals surface area contributed by atoms with Gasteiger partial charge in [0.2, 0.25) is 0 Å². The Balaban J connectivity index is 1.64. The normalized spacial score (nSPS) is 29.7. The molecule has 2 rings (SSSR count). The number of carbonyl (C=O) groups is 1. The molecule has 0 aliphatic carbocycles. The van der Waals surface area contributed by atoms with Gasteiger partial charge in [0.05, 0.1) is 26.4 Å². The molecule has 0 aromatic rings. The van der Waals surface area contributed by atoms with Gasteiger partial charge in [0.15, 0.2) is 12.6 Å². The standard InChI is InChI=1S/C39H74O14/c1-3-5-6-7-8-9-10-11-12-13-14-15-16-17-18-19-20-21-23-48-25-28(51-31(41)22-4-2)26-49-38-37(47)35(45)33(43)30(53-38)27-50-39-36(46)34(44)32(42)29(24-40)52-39/h28-30,32-40,42-47H,3-27H2,1-2H3. The summed E-state index contributed by atoms with van der Waals surface area (Å²) in [6, 6.07) is 0. The zero-order valence-corrected chi connectivity index (χ0v) is 32.5. The van der Waals surface area contributed by atoms with Gasteiger partial charge in [-0.15, -0.1) is 0 Å². The summed E-state index contributed by atoms with van der Waals surface area (Å²) in [5.41, 5.74) is 0. The maximum atomic E-state index is 12.3. The number of esters is 1. The van der Waals surface area contributed by atoms with E-state index in [2.05, 4.69) is 6.92 Å². The zero-order valence-electron chi connectivity index (χ0n) is 32.5. The van der Waals surface area contributed by atoms with Gasteiger partial charge in [0.25, 0.3) is 0 Å². The highest BCUT2D eigenvalue weighted by atomic mass is 16.7.